The number of carbonyl (C=O) groups is 1. The van der Waals surface area contributed by atoms with E-state index >= 15 is 0 Å². The Labute approximate surface area is 145 Å². The van der Waals surface area contributed by atoms with Crippen molar-refractivity contribution in [2.75, 3.05) is 5.75 Å². The van der Waals surface area contributed by atoms with E-state index in [4.69, 9.17) is 0 Å². The molecule has 1 aromatic carbocycles. The standard InChI is InChI=1S/C18H21N3O2S/c1-13-11-17(23)21(15-9-3-2-4-10-15)18(19-13)24-12-16(22)20-14-7-5-6-8-14/h2-4,9-11,14H,5-8,12H2,1H3,(H,20,22). The van der Waals surface area contributed by atoms with Gasteiger partial charge >= 0.3 is 0 Å². The van der Waals surface area contributed by atoms with E-state index < -0.39 is 0 Å². The number of nitrogens with zero attached hydrogens (tertiary/aromatic N) is 2. The summed E-state index contributed by atoms with van der Waals surface area (Å²) in [6, 6.07) is 11.2. The van der Waals surface area contributed by atoms with Crippen molar-refractivity contribution in [3.63, 3.8) is 0 Å². The summed E-state index contributed by atoms with van der Waals surface area (Å²) in [5, 5.41) is 3.61. The molecule has 0 saturated heterocycles. The fourth-order valence-corrected chi connectivity index (χ4v) is 3.83. The maximum Gasteiger partial charge on any atom is 0.258 e. The number of para-hydroxylation sites is 1. The summed E-state index contributed by atoms with van der Waals surface area (Å²) in [5.74, 6) is 0.265. The number of aromatic nitrogens is 2. The van der Waals surface area contributed by atoms with Crippen molar-refractivity contribution in [3.8, 4) is 5.69 Å². The number of carbonyl (C=O) groups excluding carboxylic acids is 1. The van der Waals surface area contributed by atoms with Crippen LogP contribution in [0.5, 0.6) is 0 Å². The summed E-state index contributed by atoms with van der Waals surface area (Å²) in [6.45, 7) is 1.79. The topological polar surface area (TPSA) is 64.0 Å². The molecule has 1 fully saturated rings. The molecule has 0 radical (unpaired) electrons. The Kier molecular flexibility index (Phi) is 5.35. The number of amides is 1. The third kappa shape index (κ3) is 4.06. The van der Waals surface area contributed by atoms with Gasteiger partial charge in [0.2, 0.25) is 5.91 Å². The fraction of sp³-hybridized carbons (Fsp3) is 0.389. The van der Waals surface area contributed by atoms with Crippen LogP contribution in [0.15, 0.2) is 46.3 Å². The zero-order valence-corrected chi connectivity index (χ0v) is 14.5. The molecule has 5 nitrogen and oxygen atoms in total. The van der Waals surface area contributed by atoms with Crippen molar-refractivity contribution in [1.29, 1.82) is 0 Å². The molecule has 0 atom stereocenters. The van der Waals surface area contributed by atoms with Crippen LogP contribution in [-0.4, -0.2) is 27.3 Å². The minimum atomic E-state index is -0.132. The zero-order valence-electron chi connectivity index (χ0n) is 13.7. The molecule has 24 heavy (non-hydrogen) atoms. The van der Waals surface area contributed by atoms with Gasteiger partial charge in [-0.3, -0.25) is 14.2 Å². The SMILES string of the molecule is Cc1cc(=O)n(-c2ccccc2)c(SCC(=O)NC2CCCC2)n1. The maximum atomic E-state index is 12.4. The number of rotatable bonds is 5. The van der Waals surface area contributed by atoms with Gasteiger partial charge in [-0.05, 0) is 31.9 Å². The lowest BCUT2D eigenvalue weighted by molar-refractivity contribution is -0.119. The lowest BCUT2D eigenvalue weighted by atomic mass is 10.2. The van der Waals surface area contributed by atoms with Crippen LogP contribution in [0, 0.1) is 6.92 Å². The van der Waals surface area contributed by atoms with Crippen LogP contribution in [0.25, 0.3) is 5.69 Å². The minimum Gasteiger partial charge on any atom is -0.353 e. The van der Waals surface area contributed by atoms with E-state index in [1.54, 1.807) is 11.5 Å². The number of aryl methyl sites for hydroxylation is 1. The van der Waals surface area contributed by atoms with Gasteiger partial charge < -0.3 is 5.32 Å². The van der Waals surface area contributed by atoms with Crippen LogP contribution in [0.3, 0.4) is 0 Å². The van der Waals surface area contributed by atoms with Gasteiger partial charge in [0.05, 0.1) is 11.4 Å². The predicted molar refractivity (Wildman–Crippen MR) is 95.7 cm³/mol. The van der Waals surface area contributed by atoms with Crippen LogP contribution in [0.1, 0.15) is 31.4 Å². The van der Waals surface area contributed by atoms with E-state index in [1.807, 2.05) is 30.3 Å². The van der Waals surface area contributed by atoms with Crippen molar-refractivity contribution in [2.24, 2.45) is 0 Å². The molecule has 1 N–H and O–H groups in total. The van der Waals surface area contributed by atoms with E-state index in [-0.39, 0.29) is 17.2 Å². The van der Waals surface area contributed by atoms with Gasteiger partial charge in [0.1, 0.15) is 0 Å². The molecular formula is C18H21N3O2S. The monoisotopic (exact) mass is 343 g/mol. The Balaban J connectivity index is 1.77. The largest absolute Gasteiger partial charge is 0.353 e. The van der Waals surface area contributed by atoms with Gasteiger partial charge in [0.25, 0.3) is 5.56 Å². The molecule has 126 valence electrons. The van der Waals surface area contributed by atoms with Crippen molar-refractivity contribution >= 4 is 17.7 Å². The van der Waals surface area contributed by atoms with Crippen LogP contribution in [0.2, 0.25) is 0 Å². The molecule has 1 aliphatic rings. The first-order chi connectivity index (χ1) is 11.6. The molecule has 3 rings (SSSR count). The number of thioether (sulfide) groups is 1. The minimum absolute atomic E-state index is 0.00210. The van der Waals surface area contributed by atoms with Gasteiger partial charge in [-0.2, -0.15) is 0 Å². The highest BCUT2D eigenvalue weighted by molar-refractivity contribution is 7.99. The van der Waals surface area contributed by atoms with E-state index in [9.17, 15) is 9.59 Å². The first-order valence-corrected chi connectivity index (χ1v) is 9.20. The van der Waals surface area contributed by atoms with Gasteiger partial charge in [0, 0.05) is 17.8 Å². The highest BCUT2D eigenvalue weighted by Crippen LogP contribution is 2.20. The summed E-state index contributed by atoms with van der Waals surface area (Å²) in [5.41, 5.74) is 1.28. The smallest absolute Gasteiger partial charge is 0.258 e. The predicted octanol–water partition coefficient (Wildman–Crippen LogP) is 2.69. The molecule has 2 aromatic rings. The van der Waals surface area contributed by atoms with Gasteiger partial charge in [0.15, 0.2) is 5.16 Å². The number of hydrogen-bond acceptors (Lipinski definition) is 4. The highest BCUT2D eigenvalue weighted by Gasteiger charge is 2.18. The molecule has 1 aromatic heterocycles. The average Bonchev–Trinajstić information content (AvgIpc) is 3.06. The summed E-state index contributed by atoms with van der Waals surface area (Å²) < 4.78 is 1.56. The Morgan fingerprint density at radius 1 is 1.29 bits per heavy atom. The second-order valence-corrected chi connectivity index (χ2v) is 6.97. The first kappa shape index (κ1) is 16.8. The van der Waals surface area contributed by atoms with Gasteiger partial charge in [-0.25, -0.2) is 4.98 Å². The third-order valence-corrected chi connectivity index (χ3v) is 5.02. The highest BCUT2D eigenvalue weighted by atomic mass is 32.2. The molecule has 1 amide bonds. The van der Waals surface area contributed by atoms with Crippen molar-refractivity contribution in [1.82, 2.24) is 14.9 Å². The molecular weight excluding hydrogens is 322 g/mol. The van der Waals surface area contributed by atoms with E-state index in [2.05, 4.69) is 10.3 Å². The molecule has 6 heteroatoms. The van der Waals surface area contributed by atoms with E-state index in [0.29, 0.717) is 16.9 Å². The first-order valence-electron chi connectivity index (χ1n) is 8.22. The lowest BCUT2D eigenvalue weighted by Gasteiger charge is -2.14. The van der Waals surface area contributed by atoms with Crippen molar-refractivity contribution < 1.29 is 4.79 Å². The summed E-state index contributed by atoms with van der Waals surface area (Å²) in [6.07, 6.45) is 4.50. The molecule has 1 aliphatic carbocycles. The van der Waals surface area contributed by atoms with Crippen LogP contribution in [0.4, 0.5) is 0 Å². The van der Waals surface area contributed by atoms with Crippen molar-refractivity contribution in [3.05, 3.63) is 52.4 Å². The molecule has 0 spiro atoms. The van der Waals surface area contributed by atoms with Crippen LogP contribution in [-0.2, 0) is 4.79 Å². The van der Waals surface area contributed by atoms with Crippen LogP contribution >= 0.6 is 11.8 Å². The third-order valence-electron chi connectivity index (χ3n) is 4.08. The molecule has 0 bridgehead atoms. The summed E-state index contributed by atoms with van der Waals surface area (Å²) in [7, 11) is 0. The maximum absolute atomic E-state index is 12.4. The Morgan fingerprint density at radius 2 is 2.00 bits per heavy atom. The van der Waals surface area contributed by atoms with Gasteiger partial charge in [-0.1, -0.05) is 42.8 Å². The number of nitrogens with one attached hydrogen (secondary N) is 1. The normalized spacial score (nSPS) is 14.7. The van der Waals surface area contributed by atoms with Gasteiger partial charge in [-0.15, -0.1) is 0 Å². The van der Waals surface area contributed by atoms with Crippen molar-refractivity contribution in [2.45, 2.75) is 43.8 Å². The molecule has 0 unspecified atom stereocenters. The molecule has 1 heterocycles. The fourth-order valence-electron chi connectivity index (χ4n) is 2.95. The molecule has 0 aliphatic heterocycles. The Morgan fingerprint density at radius 3 is 2.71 bits per heavy atom. The van der Waals surface area contributed by atoms with E-state index in [1.165, 1.54) is 30.7 Å². The average molecular weight is 343 g/mol. The lowest BCUT2D eigenvalue weighted by Crippen LogP contribution is -2.34. The van der Waals surface area contributed by atoms with Crippen LogP contribution < -0.4 is 10.9 Å². The second-order valence-electron chi connectivity index (χ2n) is 6.03. The van der Waals surface area contributed by atoms with E-state index in [0.717, 1.165) is 18.5 Å². The summed E-state index contributed by atoms with van der Waals surface area (Å²) in [4.78, 5) is 29.0. The zero-order chi connectivity index (χ0) is 16.9. The molecule has 1 saturated carbocycles. The number of benzene rings is 1. The Hall–Kier alpha value is -2.08. The summed E-state index contributed by atoms with van der Waals surface area (Å²) >= 11 is 1.30. The second kappa shape index (κ2) is 7.66. The Bertz CT molecular complexity index is 768. The number of hydrogen-bond donors (Lipinski definition) is 1. The quantitative estimate of drug-likeness (QED) is 0.670.